The highest BCUT2D eigenvalue weighted by atomic mass is 35.5. The van der Waals surface area contributed by atoms with Crippen molar-refractivity contribution in [3.63, 3.8) is 0 Å². The Kier molecular flexibility index (Phi) is 6.19. The normalized spacial score (nSPS) is 11.7. The third-order valence-electron chi connectivity index (χ3n) is 3.19. The molecule has 0 radical (unpaired) electrons. The highest BCUT2D eigenvalue weighted by Crippen LogP contribution is 2.24. The van der Waals surface area contributed by atoms with E-state index in [1.807, 2.05) is 6.07 Å². The van der Waals surface area contributed by atoms with Crippen molar-refractivity contribution in [2.24, 2.45) is 0 Å². The number of halogens is 1. The first-order valence-corrected chi connectivity index (χ1v) is 7.35. The van der Waals surface area contributed by atoms with Crippen molar-refractivity contribution < 1.29 is 18.7 Å². The fraction of sp³-hybridized carbons (Fsp3) is 0.250. The van der Waals surface area contributed by atoms with Gasteiger partial charge in [-0.25, -0.2) is 0 Å². The summed E-state index contributed by atoms with van der Waals surface area (Å²) in [4.78, 5) is 23.5. The summed E-state index contributed by atoms with van der Waals surface area (Å²) in [6.45, 7) is 0.282. The molecule has 2 aromatic rings. The van der Waals surface area contributed by atoms with Crippen molar-refractivity contribution in [2.75, 3.05) is 13.7 Å². The van der Waals surface area contributed by atoms with Gasteiger partial charge in [-0.3, -0.25) is 9.59 Å². The molecule has 0 aliphatic heterocycles. The molecule has 2 rings (SSSR count). The topological polar surface area (TPSA) is 80.6 Å². The predicted molar refractivity (Wildman–Crippen MR) is 84.8 cm³/mol. The monoisotopic (exact) mass is 336 g/mol. The van der Waals surface area contributed by atoms with Gasteiger partial charge in [-0.1, -0.05) is 29.8 Å². The standard InChI is InChI=1S/C16H17ClN2O4/c1-22-14(12-6-2-3-7-13(12)17)10-19-16(21)15(20)18-9-11-5-4-8-23-11/h2-8,14H,9-10H2,1H3,(H,18,20)(H,19,21)/t14-/m0/s1. The fourth-order valence-corrected chi connectivity index (χ4v) is 2.24. The summed E-state index contributed by atoms with van der Waals surface area (Å²) in [6, 6.07) is 10.6. The van der Waals surface area contributed by atoms with Crippen LogP contribution in [0.25, 0.3) is 0 Å². The number of methoxy groups -OCH3 is 1. The lowest BCUT2D eigenvalue weighted by Crippen LogP contribution is -2.41. The number of amides is 2. The minimum atomic E-state index is -0.745. The van der Waals surface area contributed by atoms with Crippen LogP contribution in [-0.2, 0) is 20.9 Å². The van der Waals surface area contributed by atoms with Crippen LogP contribution in [0.2, 0.25) is 5.02 Å². The van der Waals surface area contributed by atoms with Crippen LogP contribution >= 0.6 is 11.6 Å². The van der Waals surface area contributed by atoms with Gasteiger partial charge in [0.15, 0.2) is 0 Å². The highest BCUT2D eigenvalue weighted by molar-refractivity contribution is 6.35. The molecular formula is C16H17ClN2O4. The van der Waals surface area contributed by atoms with Gasteiger partial charge >= 0.3 is 11.8 Å². The first kappa shape index (κ1) is 17.1. The smallest absolute Gasteiger partial charge is 0.309 e. The third-order valence-corrected chi connectivity index (χ3v) is 3.54. The number of carbonyl (C=O) groups is 2. The quantitative estimate of drug-likeness (QED) is 0.791. The van der Waals surface area contributed by atoms with E-state index in [1.54, 1.807) is 30.3 Å². The molecule has 0 spiro atoms. The first-order valence-electron chi connectivity index (χ1n) is 6.97. The zero-order chi connectivity index (χ0) is 16.7. The van der Waals surface area contributed by atoms with Crippen molar-refractivity contribution in [2.45, 2.75) is 12.6 Å². The van der Waals surface area contributed by atoms with Gasteiger partial charge in [0.25, 0.3) is 0 Å². The van der Waals surface area contributed by atoms with E-state index in [0.29, 0.717) is 10.8 Å². The average Bonchev–Trinajstić information content (AvgIpc) is 3.07. The molecule has 7 heteroatoms. The Morgan fingerprint density at radius 1 is 1.17 bits per heavy atom. The molecule has 0 saturated carbocycles. The van der Waals surface area contributed by atoms with Crippen molar-refractivity contribution in [1.29, 1.82) is 0 Å². The fourth-order valence-electron chi connectivity index (χ4n) is 1.98. The highest BCUT2D eigenvalue weighted by Gasteiger charge is 2.18. The third kappa shape index (κ3) is 4.84. The van der Waals surface area contributed by atoms with E-state index in [2.05, 4.69) is 10.6 Å². The van der Waals surface area contributed by atoms with E-state index in [1.165, 1.54) is 13.4 Å². The van der Waals surface area contributed by atoms with Crippen LogP contribution in [0, 0.1) is 0 Å². The van der Waals surface area contributed by atoms with E-state index in [4.69, 9.17) is 20.8 Å². The molecule has 0 aliphatic rings. The molecule has 0 aliphatic carbocycles. The van der Waals surface area contributed by atoms with Crippen LogP contribution in [0.5, 0.6) is 0 Å². The van der Waals surface area contributed by atoms with Crippen molar-refractivity contribution in [3.05, 3.63) is 59.0 Å². The molecular weight excluding hydrogens is 320 g/mol. The summed E-state index contributed by atoms with van der Waals surface area (Å²) in [7, 11) is 1.51. The lowest BCUT2D eigenvalue weighted by Gasteiger charge is -2.17. The maximum atomic E-state index is 11.8. The second-order valence-corrected chi connectivity index (χ2v) is 5.13. The largest absolute Gasteiger partial charge is 0.467 e. The van der Waals surface area contributed by atoms with Crippen LogP contribution in [0.1, 0.15) is 17.4 Å². The van der Waals surface area contributed by atoms with E-state index in [0.717, 1.165) is 5.56 Å². The molecule has 0 fully saturated rings. The van der Waals surface area contributed by atoms with Gasteiger partial charge in [0.1, 0.15) is 11.9 Å². The summed E-state index contributed by atoms with van der Waals surface area (Å²) in [5.41, 5.74) is 0.743. The summed E-state index contributed by atoms with van der Waals surface area (Å²) in [6.07, 6.45) is 1.06. The van der Waals surface area contributed by atoms with Crippen LogP contribution < -0.4 is 10.6 Å². The SMILES string of the molecule is CO[C@@H](CNC(=O)C(=O)NCc1ccco1)c1ccccc1Cl. The van der Waals surface area contributed by atoms with Gasteiger partial charge in [0.2, 0.25) is 0 Å². The number of ether oxygens (including phenoxy) is 1. The molecule has 1 heterocycles. The summed E-state index contributed by atoms with van der Waals surface area (Å²) in [5, 5.41) is 5.53. The van der Waals surface area contributed by atoms with Crippen LogP contribution in [0.4, 0.5) is 0 Å². The molecule has 1 aromatic carbocycles. The predicted octanol–water partition coefficient (Wildman–Crippen LogP) is 2.05. The molecule has 2 amide bonds. The van der Waals surface area contributed by atoms with Crippen molar-refractivity contribution in [1.82, 2.24) is 10.6 Å². The molecule has 1 atom stereocenters. The number of furan rings is 1. The minimum absolute atomic E-state index is 0.132. The Balaban J connectivity index is 1.84. The zero-order valence-electron chi connectivity index (χ0n) is 12.5. The zero-order valence-corrected chi connectivity index (χ0v) is 13.3. The maximum Gasteiger partial charge on any atom is 0.309 e. The van der Waals surface area contributed by atoms with Gasteiger partial charge in [-0.2, -0.15) is 0 Å². The number of carbonyl (C=O) groups excluding carboxylic acids is 2. The number of rotatable bonds is 6. The molecule has 6 nitrogen and oxygen atoms in total. The molecule has 0 saturated heterocycles. The van der Waals surface area contributed by atoms with Gasteiger partial charge in [0.05, 0.1) is 12.8 Å². The van der Waals surface area contributed by atoms with Crippen LogP contribution in [-0.4, -0.2) is 25.5 Å². The van der Waals surface area contributed by atoms with E-state index < -0.39 is 17.9 Å². The second-order valence-electron chi connectivity index (χ2n) is 4.72. The summed E-state index contributed by atoms with van der Waals surface area (Å²) in [5.74, 6) is -0.918. The Morgan fingerprint density at radius 2 is 1.91 bits per heavy atom. The Morgan fingerprint density at radius 3 is 2.57 bits per heavy atom. The van der Waals surface area contributed by atoms with Crippen LogP contribution in [0.3, 0.4) is 0 Å². The first-order chi connectivity index (χ1) is 11.1. The molecule has 122 valence electrons. The number of hydrogen-bond acceptors (Lipinski definition) is 4. The van der Waals surface area contributed by atoms with Gasteiger partial charge in [0, 0.05) is 24.2 Å². The Hall–Kier alpha value is -2.31. The molecule has 23 heavy (non-hydrogen) atoms. The number of benzene rings is 1. The maximum absolute atomic E-state index is 11.8. The van der Waals surface area contributed by atoms with Gasteiger partial charge < -0.3 is 19.8 Å². The van der Waals surface area contributed by atoms with Crippen LogP contribution in [0.15, 0.2) is 47.1 Å². The number of nitrogens with one attached hydrogen (secondary N) is 2. The molecule has 1 aromatic heterocycles. The van der Waals surface area contributed by atoms with E-state index >= 15 is 0 Å². The molecule has 0 bridgehead atoms. The van der Waals surface area contributed by atoms with E-state index in [-0.39, 0.29) is 13.1 Å². The van der Waals surface area contributed by atoms with Gasteiger partial charge in [-0.05, 0) is 18.2 Å². The van der Waals surface area contributed by atoms with Crippen molar-refractivity contribution in [3.8, 4) is 0 Å². The average molecular weight is 337 g/mol. The Bertz CT molecular complexity index is 658. The summed E-state index contributed by atoms with van der Waals surface area (Å²) < 4.78 is 10.4. The van der Waals surface area contributed by atoms with Crippen molar-refractivity contribution >= 4 is 23.4 Å². The Labute approximate surface area is 138 Å². The number of hydrogen-bond donors (Lipinski definition) is 2. The second kappa shape index (κ2) is 8.36. The van der Waals surface area contributed by atoms with Gasteiger partial charge in [-0.15, -0.1) is 0 Å². The molecule has 2 N–H and O–H groups in total. The molecule has 0 unspecified atom stereocenters. The lowest BCUT2D eigenvalue weighted by molar-refractivity contribution is -0.139. The lowest BCUT2D eigenvalue weighted by atomic mass is 10.1. The van der Waals surface area contributed by atoms with E-state index in [9.17, 15) is 9.59 Å². The summed E-state index contributed by atoms with van der Waals surface area (Å²) >= 11 is 6.10. The minimum Gasteiger partial charge on any atom is -0.467 e.